The number of ether oxygens (including phenoxy) is 1. The number of fused-ring (bicyclic) bond motifs is 1. The van der Waals surface area contributed by atoms with Crippen LogP contribution in [0, 0.1) is 5.41 Å². The van der Waals surface area contributed by atoms with Gasteiger partial charge in [-0.3, -0.25) is 0 Å². The molecule has 20 heavy (non-hydrogen) atoms. The van der Waals surface area contributed by atoms with Crippen LogP contribution in [0.5, 0.6) is 5.75 Å². The zero-order valence-corrected chi connectivity index (χ0v) is 12.5. The average molecular weight is 273 g/mol. The van der Waals surface area contributed by atoms with Gasteiger partial charge in [-0.2, -0.15) is 0 Å². The molecule has 110 valence electrons. The Bertz CT molecular complexity index is 443. The van der Waals surface area contributed by atoms with Crippen LogP contribution < -0.4 is 10.5 Å². The molecular weight excluding hydrogens is 246 g/mol. The smallest absolute Gasteiger partial charge is 0.122 e. The number of benzene rings is 1. The Labute approximate surface area is 122 Å². The second-order valence-corrected chi connectivity index (χ2v) is 6.64. The van der Waals surface area contributed by atoms with Crippen LogP contribution in [-0.2, 0) is 12.8 Å². The first-order valence-electron chi connectivity index (χ1n) is 8.26. The molecule has 1 saturated carbocycles. The molecule has 0 bridgehead atoms. The zero-order valence-electron chi connectivity index (χ0n) is 12.5. The van der Waals surface area contributed by atoms with Crippen LogP contribution in [0.15, 0.2) is 18.2 Å². The van der Waals surface area contributed by atoms with Gasteiger partial charge in [0.25, 0.3) is 0 Å². The van der Waals surface area contributed by atoms with E-state index >= 15 is 0 Å². The molecule has 0 amide bonds. The summed E-state index contributed by atoms with van der Waals surface area (Å²) in [4.78, 5) is 0. The lowest BCUT2D eigenvalue weighted by molar-refractivity contribution is 0.161. The third-order valence-corrected chi connectivity index (χ3v) is 5.29. The summed E-state index contributed by atoms with van der Waals surface area (Å²) in [6.45, 7) is 1.70. The fourth-order valence-corrected chi connectivity index (χ4v) is 4.04. The Morgan fingerprint density at radius 1 is 1.10 bits per heavy atom. The summed E-state index contributed by atoms with van der Waals surface area (Å²) in [6.07, 6.45) is 11.8. The first-order valence-corrected chi connectivity index (χ1v) is 8.26. The van der Waals surface area contributed by atoms with Crippen LogP contribution >= 0.6 is 0 Å². The minimum Gasteiger partial charge on any atom is -0.493 e. The highest BCUT2D eigenvalue weighted by Crippen LogP contribution is 2.43. The highest BCUT2D eigenvalue weighted by molar-refractivity contribution is 5.39. The Kier molecular flexibility index (Phi) is 4.30. The summed E-state index contributed by atoms with van der Waals surface area (Å²) in [5.41, 5.74) is 9.29. The summed E-state index contributed by atoms with van der Waals surface area (Å²) in [6, 6.07) is 6.78. The van der Waals surface area contributed by atoms with Crippen LogP contribution in [0.4, 0.5) is 0 Å². The van der Waals surface area contributed by atoms with Gasteiger partial charge < -0.3 is 10.5 Å². The highest BCUT2D eigenvalue weighted by Gasteiger charge is 2.30. The minimum atomic E-state index is 0.530. The quantitative estimate of drug-likeness (QED) is 0.884. The number of aryl methyl sites for hydroxylation is 1. The van der Waals surface area contributed by atoms with Gasteiger partial charge in [0.05, 0.1) is 6.61 Å². The first-order chi connectivity index (χ1) is 9.81. The average Bonchev–Trinajstić information content (AvgIpc) is 2.94. The molecular formula is C18H27NO. The molecule has 3 rings (SSSR count). The topological polar surface area (TPSA) is 35.2 Å². The monoisotopic (exact) mass is 273 g/mol. The number of nitrogens with two attached hydrogens (primary N) is 1. The largest absolute Gasteiger partial charge is 0.493 e. The maximum atomic E-state index is 5.87. The predicted molar refractivity (Wildman–Crippen MR) is 83.2 cm³/mol. The van der Waals surface area contributed by atoms with Crippen LogP contribution in [0.2, 0.25) is 0 Å². The molecule has 2 aliphatic rings. The van der Waals surface area contributed by atoms with E-state index in [0.717, 1.165) is 25.3 Å². The zero-order chi connectivity index (χ0) is 13.8. The second-order valence-electron chi connectivity index (χ2n) is 6.64. The molecule has 2 heteroatoms. The van der Waals surface area contributed by atoms with Gasteiger partial charge in [0.1, 0.15) is 5.75 Å². The molecule has 0 unspecified atom stereocenters. The van der Waals surface area contributed by atoms with Crippen molar-refractivity contribution in [1.82, 2.24) is 0 Å². The SMILES string of the molecule is NCCC1(CCc2ccc3c(c2)CCO3)CCCCC1. The fourth-order valence-electron chi connectivity index (χ4n) is 4.04. The van der Waals surface area contributed by atoms with Gasteiger partial charge >= 0.3 is 0 Å². The molecule has 1 aromatic rings. The standard InChI is InChI=1S/C18H27NO/c19-12-11-18(8-2-1-3-9-18)10-6-15-4-5-17-16(14-15)7-13-20-17/h4-5,14H,1-3,6-13,19H2. The van der Waals surface area contributed by atoms with Crippen molar-refractivity contribution in [1.29, 1.82) is 0 Å². The van der Waals surface area contributed by atoms with E-state index in [0.29, 0.717) is 5.41 Å². The molecule has 0 spiro atoms. The van der Waals surface area contributed by atoms with Crippen molar-refractivity contribution in [3.8, 4) is 5.75 Å². The van der Waals surface area contributed by atoms with E-state index in [1.807, 2.05) is 0 Å². The Balaban J connectivity index is 1.64. The Hall–Kier alpha value is -1.02. The first kappa shape index (κ1) is 13.9. The third-order valence-electron chi connectivity index (χ3n) is 5.29. The van der Waals surface area contributed by atoms with Gasteiger partial charge in [0, 0.05) is 6.42 Å². The number of hydrogen-bond acceptors (Lipinski definition) is 2. The van der Waals surface area contributed by atoms with Gasteiger partial charge in [-0.25, -0.2) is 0 Å². The van der Waals surface area contributed by atoms with Gasteiger partial charge in [-0.05, 0) is 61.3 Å². The van der Waals surface area contributed by atoms with Crippen LogP contribution in [0.1, 0.15) is 56.1 Å². The maximum absolute atomic E-state index is 5.87. The van der Waals surface area contributed by atoms with E-state index in [1.165, 1.54) is 62.5 Å². The molecule has 0 radical (unpaired) electrons. The Morgan fingerprint density at radius 2 is 1.95 bits per heavy atom. The van der Waals surface area contributed by atoms with E-state index in [4.69, 9.17) is 10.5 Å². The third kappa shape index (κ3) is 3.01. The number of hydrogen-bond donors (Lipinski definition) is 1. The van der Waals surface area contributed by atoms with E-state index in [1.54, 1.807) is 0 Å². The molecule has 1 aliphatic heterocycles. The summed E-state index contributed by atoms with van der Waals surface area (Å²) < 4.78 is 5.59. The van der Waals surface area contributed by atoms with Gasteiger partial charge in [0.2, 0.25) is 0 Å². The van der Waals surface area contributed by atoms with Crippen LogP contribution in [0.3, 0.4) is 0 Å². The van der Waals surface area contributed by atoms with Gasteiger partial charge in [0.15, 0.2) is 0 Å². The maximum Gasteiger partial charge on any atom is 0.122 e. The van der Waals surface area contributed by atoms with Crippen molar-refractivity contribution in [2.75, 3.05) is 13.2 Å². The Morgan fingerprint density at radius 3 is 2.75 bits per heavy atom. The molecule has 2 nitrogen and oxygen atoms in total. The molecule has 0 atom stereocenters. The van der Waals surface area contributed by atoms with Crippen LogP contribution in [-0.4, -0.2) is 13.2 Å². The summed E-state index contributed by atoms with van der Waals surface area (Å²) in [5.74, 6) is 1.10. The van der Waals surface area contributed by atoms with E-state index in [9.17, 15) is 0 Å². The number of rotatable bonds is 5. The van der Waals surface area contributed by atoms with Crippen LogP contribution in [0.25, 0.3) is 0 Å². The summed E-state index contributed by atoms with van der Waals surface area (Å²) in [5, 5.41) is 0. The van der Waals surface area contributed by atoms with Crippen molar-refractivity contribution >= 4 is 0 Å². The highest BCUT2D eigenvalue weighted by atomic mass is 16.5. The van der Waals surface area contributed by atoms with Crippen molar-refractivity contribution < 1.29 is 4.74 Å². The molecule has 0 saturated heterocycles. The van der Waals surface area contributed by atoms with Crippen molar-refractivity contribution in [2.45, 2.75) is 57.8 Å². The van der Waals surface area contributed by atoms with E-state index in [2.05, 4.69) is 18.2 Å². The van der Waals surface area contributed by atoms with E-state index < -0.39 is 0 Å². The normalized spacial score (nSPS) is 20.4. The molecule has 0 aromatic heterocycles. The molecule has 1 heterocycles. The van der Waals surface area contributed by atoms with Crippen molar-refractivity contribution in [2.24, 2.45) is 11.1 Å². The van der Waals surface area contributed by atoms with Crippen molar-refractivity contribution in [3.05, 3.63) is 29.3 Å². The molecule has 2 N–H and O–H groups in total. The van der Waals surface area contributed by atoms with Gasteiger partial charge in [-0.15, -0.1) is 0 Å². The molecule has 1 aromatic carbocycles. The lowest BCUT2D eigenvalue weighted by Gasteiger charge is -2.37. The summed E-state index contributed by atoms with van der Waals surface area (Å²) >= 11 is 0. The lowest BCUT2D eigenvalue weighted by atomic mass is 9.68. The predicted octanol–water partition coefficient (Wildman–Crippen LogP) is 3.85. The molecule has 1 fully saturated rings. The van der Waals surface area contributed by atoms with E-state index in [-0.39, 0.29) is 0 Å². The van der Waals surface area contributed by atoms with Gasteiger partial charge in [-0.1, -0.05) is 31.4 Å². The molecule has 1 aliphatic carbocycles. The summed E-state index contributed by atoms with van der Waals surface area (Å²) in [7, 11) is 0. The second kappa shape index (κ2) is 6.17. The van der Waals surface area contributed by atoms with Crippen molar-refractivity contribution in [3.63, 3.8) is 0 Å². The minimum absolute atomic E-state index is 0.530. The fraction of sp³-hybridized carbons (Fsp3) is 0.667. The lowest BCUT2D eigenvalue weighted by Crippen LogP contribution is -2.28.